The largest absolute Gasteiger partial charge is 0.846 e. The fraction of sp³-hybridized carbons (Fsp3) is 0.188. The summed E-state index contributed by atoms with van der Waals surface area (Å²) in [6, 6.07) is 19.9. The van der Waals surface area contributed by atoms with E-state index in [0.29, 0.717) is 12.0 Å². The lowest BCUT2D eigenvalue weighted by atomic mass is 10.0. The van der Waals surface area contributed by atoms with Gasteiger partial charge in [-0.1, -0.05) is 72.3 Å². The lowest BCUT2D eigenvalue weighted by Crippen LogP contribution is -2.19. The summed E-state index contributed by atoms with van der Waals surface area (Å²) in [5, 5.41) is 12.2. The highest BCUT2D eigenvalue weighted by molar-refractivity contribution is 5.35. The monoisotopic (exact) mass is 222 g/mol. The third-order valence-electron chi connectivity index (χ3n) is 3.41. The second-order valence-corrected chi connectivity index (χ2v) is 4.59. The van der Waals surface area contributed by atoms with E-state index in [4.69, 9.17) is 0 Å². The molecule has 17 heavy (non-hydrogen) atoms. The van der Waals surface area contributed by atoms with E-state index in [-0.39, 0.29) is 5.92 Å². The molecule has 3 rings (SSSR count). The number of benzene rings is 2. The van der Waals surface area contributed by atoms with Gasteiger partial charge in [-0.3, -0.25) is 0 Å². The molecular weight excluding hydrogens is 208 g/mol. The summed E-state index contributed by atoms with van der Waals surface area (Å²) >= 11 is 0. The molecule has 0 saturated heterocycles. The van der Waals surface area contributed by atoms with Crippen molar-refractivity contribution >= 4 is 0 Å². The third-order valence-corrected chi connectivity index (χ3v) is 3.41. The van der Waals surface area contributed by atoms with E-state index in [1.165, 1.54) is 5.56 Å². The van der Waals surface area contributed by atoms with Crippen LogP contribution in [0.4, 0.5) is 0 Å². The maximum Gasteiger partial charge on any atom is -0.0135 e. The SMILES string of the molecule is [O-][C](c1ccccc1)C1CC1c1ccccc1. The first-order chi connectivity index (χ1) is 8.36. The van der Waals surface area contributed by atoms with Crippen LogP contribution in [0.15, 0.2) is 60.7 Å². The van der Waals surface area contributed by atoms with Crippen molar-refractivity contribution in [2.75, 3.05) is 0 Å². The lowest BCUT2D eigenvalue weighted by Gasteiger charge is -2.22. The zero-order valence-electron chi connectivity index (χ0n) is 9.54. The van der Waals surface area contributed by atoms with Gasteiger partial charge in [0.05, 0.1) is 0 Å². The second kappa shape index (κ2) is 4.34. The molecule has 1 aliphatic carbocycles. The molecular formula is C16H14O-. The second-order valence-electron chi connectivity index (χ2n) is 4.59. The molecule has 0 aliphatic heterocycles. The molecule has 0 amide bonds. The normalized spacial score (nSPS) is 22.7. The van der Waals surface area contributed by atoms with Gasteiger partial charge in [-0.15, -0.1) is 0 Å². The quantitative estimate of drug-likeness (QED) is 0.783. The van der Waals surface area contributed by atoms with Gasteiger partial charge in [-0.2, -0.15) is 0 Å². The highest BCUT2D eigenvalue weighted by atomic mass is 16.3. The minimum atomic E-state index is 0.194. The third kappa shape index (κ3) is 2.11. The molecule has 85 valence electrons. The van der Waals surface area contributed by atoms with Gasteiger partial charge in [0.1, 0.15) is 0 Å². The molecule has 0 heterocycles. The van der Waals surface area contributed by atoms with Crippen LogP contribution in [0.5, 0.6) is 0 Å². The summed E-state index contributed by atoms with van der Waals surface area (Å²) in [7, 11) is 0. The van der Waals surface area contributed by atoms with Gasteiger partial charge in [0.25, 0.3) is 0 Å². The highest BCUT2D eigenvalue weighted by Crippen LogP contribution is 2.52. The van der Waals surface area contributed by atoms with Crippen LogP contribution in [-0.2, 0) is 0 Å². The Bertz CT molecular complexity index is 477. The predicted molar refractivity (Wildman–Crippen MR) is 66.1 cm³/mol. The van der Waals surface area contributed by atoms with Gasteiger partial charge < -0.3 is 5.11 Å². The molecule has 0 N–H and O–H groups in total. The Hall–Kier alpha value is -1.60. The molecule has 1 saturated carbocycles. The average Bonchev–Trinajstić information content (AvgIpc) is 3.20. The number of hydrogen-bond donors (Lipinski definition) is 0. The summed E-state index contributed by atoms with van der Waals surface area (Å²) in [6.45, 7) is 0. The predicted octanol–water partition coefficient (Wildman–Crippen LogP) is 2.73. The van der Waals surface area contributed by atoms with E-state index in [1.807, 2.05) is 48.5 Å². The fourth-order valence-electron chi connectivity index (χ4n) is 2.37. The number of rotatable bonds is 3. The summed E-state index contributed by atoms with van der Waals surface area (Å²) in [6.07, 6.45) is 1.29. The summed E-state index contributed by atoms with van der Waals surface area (Å²) in [4.78, 5) is 0. The Morgan fingerprint density at radius 1 is 0.882 bits per heavy atom. The van der Waals surface area contributed by atoms with E-state index in [9.17, 15) is 5.11 Å². The Morgan fingerprint density at radius 3 is 2.12 bits per heavy atom. The maximum atomic E-state index is 12.2. The average molecular weight is 222 g/mol. The first kappa shape index (κ1) is 10.5. The summed E-state index contributed by atoms with van der Waals surface area (Å²) < 4.78 is 0. The van der Waals surface area contributed by atoms with Crippen molar-refractivity contribution in [1.82, 2.24) is 0 Å². The molecule has 1 fully saturated rings. The molecule has 0 bridgehead atoms. The smallest absolute Gasteiger partial charge is 0.0135 e. The van der Waals surface area contributed by atoms with Gasteiger partial charge in [-0.05, 0) is 23.8 Å². The Kier molecular flexibility index (Phi) is 2.69. The molecule has 1 heteroatoms. The van der Waals surface area contributed by atoms with Crippen LogP contribution >= 0.6 is 0 Å². The summed E-state index contributed by atoms with van der Waals surface area (Å²) in [5.41, 5.74) is 2.14. The molecule has 0 spiro atoms. The van der Waals surface area contributed by atoms with Crippen molar-refractivity contribution in [2.24, 2.45) is 5.92 Å². The Balaban J connectivity index is 1.73. The standard InChI is InChI=1S/C16H14O/c17-16(13-9-5-2-6-10-13)15-11-14(15)12-7-3-1-4-8-12/h1-10,14-15H,11H2/q-1. The first-order valence-electron chi connectivity index (χ1n) is 6.00. The zero-order valence-corrected chi connectivity index (χ0v) is 9.54. The van der Waals surface area contributed by atoms with Crippen LogP contribution in [0.25, 0.3) is 0 Å². The molecule has 2 atom stereocenters. The van der Waals surface area contributed by atoms with Gasteiger partial charge in [0, 0.05) is 0 Å². The van der Waals surface area contributed by atoms with Crippen molar-refractivity contribution < 1.29 is 5.11 Å². The molecule has 1 nitrogen and oxygen atoms in total. The van der Waals surface area contributed by atoms with Crippen molar-refractivity contribution in [3.8, 4) is 0 Å². The Morgan fingerprint density at radius 2 is 1.47 bits per heavy atom. The zero-order chi connectivity index (χ0) is 11.7. The highest BCUT2D eigenvalue weighted by Gasteiger charge is 2.39. The molecule has 2 aromatic rings. The van der Waals surface area contributed by atoms with E-state index >= 15 is 0 Å². The summed E-state index contributed by atoms with van der Waals surface area (Å²) in [5.74, 6) is 0.628. The van der Waals surface area contributed by atoms with Crippen molar-refractivity contribution in [1.29, 1.82) is 0 Å². The van der Waals surface area contributed by atoms with Crippen LogP contribution in [-0.4, -0.2) is 0 Å². The first-order valence-corrected chi connectivity index (χ1v) is 6.00. The maximum absolute atomic E-state index is 12.2. The van der Waals surface area contributed by atoms with Crippen LogP contribution in [0.1, 0.15) is 23.5 Å². The molecule has 1 aliphatic rings. The lowest BCUT2D eigenvalue weighted by molar-refractivity contribution is -0.349. The van der Waals surface area contributed by atoms with Gasteiger partial charge in [-0.25, -0.2) is 0 Å². The van der Waals surface area contributed by atoms with E-state index in [1.54, 1.807) is 0 Å². The Labute approximate surface area is 102 Å². The molecule has 0 aromatic heterocycles. The van der Waals surface area contributed by atoms with E-state index < -0.39 is 0 Å². The minimum Gasteiger partial charge on any atom is -0.846 e. The fourth-order valence-corrected chi connectivity index (χ4v) is 2.37. The topological polar surface area (TPSA) is 23.1 Å². The molecule has 2 unspecified atom stereocenters. The van der Waals surface area contributed by atoms with Crippen LogP contribution < -0.4 is 5.11 Å². The minimum absolute atomic E-state index is 0.194. The van der Waals surface area contributed by atoms with Crippen LogP contribution in [0.3, 0.4) is 0 Å². The van der Waals surface area contributed by atoms with Crippen LogP contribution in [0.2, 0.25) is 0 Å². The van der Waals surface area contributed by atoms with E-state index in [2.05, 4.69) is 12.1 Å². The van der Waals surface area contributed by atoms with Gasteiger partial charge >= 0.3 is 0 Å². The van der Waals surface area contributed by atoms with Crippen molar-refractivity contribution in [2.45, 2.75) is 12.3 Å². The molecule has 1 radical (unpaired) electrons. The van der Waals surface area contributed by atoms with Crippen LogP contribution in [0, 0.1) is 12.0 Å². The van der Waals surface area contributed by atoms with Gasteiger partial charge in [0.2, 0.25) is 0 Å². The van der Waals surface area contributed by atoms with E-state index in [0.717, 1.165) is 12.0 Å². The molecule has 2 aromatic carbocycles. The van der Waals surface area contributed by atoms with Gasteiger partial charge in [0.15, 0.2) is 0 Å². The van der Waals surface area contributed by atoms with Crippen molar-refractivity contribution in [3.05, 3.63) is 77.9 Å². The number of hydrogen-bond acceptors (Lipinski definition) is 1. The van der Waals surface area contributed by atoms with Crippen molar-refractivity contribution in [3.63, 3.8) is 0 Å².